The maximum absolute atomic E-state index is 5.61. The van der Waals surface area contributed by atoms with Crippen LogP contribution in [0.5, 0.6) is 0 Å². The largest absolute Gasteiger partial charge is 0.398 e. The smallest absolute Gasteiger partial charge is 0.131 e. The molecule has 0 aliphatic rings. The van der Waals surface area contributed by atoms with Crippen LogP contribution in [0.4, 0.5) is 5.69 Å². The first-order valence-corrected chi connectivity index (χ1v) is 3.86. The van der Waals surface area contributed by atoms with Crippen molar-refractivity contribution in [1.82, 2.24) is 4.98 Å². The zero-order valence-electron chi connectivity index (χ0n) is 5.36. The molecule has 0 saturated carbocycles. The van der Waals surface area contributed by atoms with Crippen LogP contribution in [-0.4, -0.2) is 4.98 Å². The Hall–Kier alpha value is -0.280. The molecule has 1 rings (SSSR count). The molecule has 0 radical (unpaired) electrons. The van der Waals surface area contributed by atoms with Gasteiger partial charge in [0.2, 0.25) is 0 Å². The van der Waals surface area contributed by atoms with Gasteiger partial charge >= 0.3 is 0 Å². The second-order valence-electron chi connectivity index (χ2n) is 1.93. The Morgan fingerprint density at radius 2 is 2.30 bits per heavy atom. The summed E-state index contributed by atoms with van der Waals surface area (Å²) in [6.45, 7) is 1.84. The molecule has 10 heavy (non-hydrogen) atoms. The summed E-state index contributed by atoms with van der Waals surface area (Å²) in [5.41, 5.74) is 6.98. The van der Waals surface area contributed by atoms with Gasteiger partial charge in [-0.1, -0.05) is 11.6 Å². The lowest BCUT2D eigenvalue weighted by Crippen LogP contribution is -1.91. The van der Waals surface area contributed by atoms with Crippen molar-refractivity contribution in [2.45, 2.75) is 6.92 Å². The van der Waals surface area contributed by atoms with Gasteiger partial charge in [0.15, 0.2) is 0 Å². The molecule has 0 aliphatic carbocycles. The Morgan fingerprint density at radius 3 is 2.80 bits per heavy atom. The van der Waals surface area contributed by atoms with Gasteiger partial charge in [-0.3, -0.25) is 0 Å². The maximum Gasteiger partial charge on any atom is 0.131 e. The van der Waals surface area contributed by atoms with Crippen LogP contribution in [0.25, 0.3) is 0 Å². The summed E-state index contributed by atoms with van der Waals surface area (Å²) in [6, 6.07) is 1.61. The van der Waals surface area contributed by atoms with Gasteiger partial charge in [-0.2, -0.15) is 0 Å². The standard InChI is InChI=1S/C6H6BrClN2/c1-3-6(7)4(9)2-5(8)10-3/h2H,1H3,(H2,9,10). The Bertz CT molecular complexity index is 239. The van der Waals surface area contributed by atoms with Crippen molar-refractivity contribution in [3.05, 3.63) is 21.4 Å². The molecule has 0 atom stereocenters. The second-order valence-corrected chi connectivity index (χ2v) is 3.11. The van der Waals surface area contributed by atoms with Crippen LogP contribution in [0.2, 0.25) is 5.15 Å². The monoisotopic (exact) mass is 220 g/mol. The molecule has 1 aromatic heterocycles. The highest BCUT2D eigenvalue weighted by Gasteiger charge is 2.01. The third kappa shape index (κ3) is 1.41. The first-order chi connectivity index (χ1) is 4.61. The van der Waals surface area contributed by atoms with Crippen molar-refractivity contribution in [3.8, 4) is 0 Å². The molecule has 54 valence electrons. The zero-order valence-corrected chi connectivity index (χ0v) is 7.70. The van der Waals surface area contributed by atoms with Gasteiger partial charge < -0.3 is 5.73 Å². The third-order valence-corrected chi connectivity index (χ3v) is 2.35. The van der Waals surface area contributed by atoms with E-state index in [0.29, 0.717) is 10.8 Å². The number of rotatable bonds is 0. The number of pyridine rings is 1. The van der Waals surface area contributed by atoms with E-state index in [1.807, 2.05) is 6.92 Å². The Balaban J connectivity index is 3.31. The third-order valence-electron chi connectivity index (χ3n) is 1.12. The van der Waals surface area contributed by atoms with Crippen LogP contribution in [0.1, 0.15) is 5.69 Å². The number of halogens is 2. The summed E-state index contributed by atoms with van der Waals surface area (Å²) >= 11 is 8.88. The highest BCUT2D eigenvalue weighted by atomic mass is 79.9. The Labute approximate surface area is 72.5 Å². The quantitative estimate of drug-likeness (QED) is 0.683. The fourth-order valence-electron chi connectivity index (χ4n) is 0.642. The molecular weight excluding hydrogens is 215 g/mol. The van der Waals surface area contributed by atoms with Crippen molar-refractivity contribution < 1.29 is 0 Å². The summed E-state index contributed by atoms with van der Waals surface area (Å²) in [4.78, 5) is 3.97. The van der Waals surface area contributed by atoms with Crippen LogP contribution in [0.15, 0.2) is 10.5 Å². The molecule has 1 aromatic rings. The van der Waals surface area contributed by atoms with E-state index in [9.17, 15) is 0 Å². The second kappa shape index (κ2) is 2.76. The first kappa shape index (κ1) is 7.82. The predicted molar refractivity (Wildman–Crippen MR) is 46.1 cm³/mol. The van der Waals surface area contributed by atoms with Gasteiger partial charge in [-0.15, -0.1) is 0 Å². The lowest BCUT2D eigenvalue weighted by molar-refractivity contribution is 1.18. The molecule has 2 N–H and O–H groups in total. The van der Waals surface area contributed by atoms with Crippen molar-refractivity contribution in [2.75, 3.05) is 5.73 Å². The minimum atomic E-state index is 0.429. The van der Waals surface area contributed by atoms with Crippen molar-refractivity contribution in [3.63, 3.8) is 0 Å². The van der Waals surface area contributed by atoms with Crippen molar-refractivity contribution in [2.24, 2.45) is 0 Å². The number of nitrogens with two attached hydrogens (primary N) is 1. The van der Waals surface area contributed by atoms with Crippen LogP contribution < -0.4 is 5.73 Å². The van der Waals surface area contributed by atoms with Crippen LogP contribution in [0.3, 0.4) is 0 Å². The van der Waals surface area contributed by atoms with Gasteiger partial charge in [-0.05, 0) is 28.9 Å². The van der Waals surface area contributed by atoms with E-state index in [1.54, 1.807) is 6.07 Å². The molecule has 0 amide bonds. The highest BCUT2D eigenvalue weighted by molar-refractivity contribution is 9.10. The maximum atomic E-state index is 5.61. The van der Waals surface area contributed by atoms with Crippen LogP contribution in [-0.2, 0) is 0 Å². The number of nitrogens with zero attached hydrogens (tertiary/aromatic N) is 1. The number of nitrogen functional groups attached to an aromatic ring is 1. The van der Waals surface area contributed by atoms with E-state index in [2.05, 4.69) is 20.9 Å². The molecule has 0 bridgehead atoms. The van der Waals surface area contributed by atoms with Gasteiger partial charge in [0.05, 0.1) is 15.9 Å². The summed E-state index contributed by atoms with van der Waals surface area (Å²) < 4.78 is 0.817. The molecule has 4 heteroatoms. The SMILES string of the molecule is Cc1nc(Cl)cc(N)c1Br. The first-order valence-electron chi connectivity index (χ1n) is 2.69. The van der Waals surface area contributed by atoms with E-state index >= 15 is 0 Å². The molecule has 0 aromatic carbocycles. The Kier molecular flexibility index (Phi) is 2.16. The van der Waals surface area contributed by atoms with Gasteiger partial charge in [0.1, 0.15) is 5.15 Å². The topological polar surface area (TPSA) is 38.9 Å². The van der Waals surface area contributed by atoms with E-state index in [0.717, 1.165) is 10.2 Å². The normalized spacial score (nSPS) is 9.90. The van der Waals surface area contributed by atoms with Crippen LogP contribution in [0, 0.1) is 6.92 Å². The van der Waals surface area contributed by atoms with E-state index in [4.69, 9.17) is 17.3 Å². The average molecular weight is 221 g/mol. The molecular formula is C6H6BrClN2. The van der Waals surface area contributed by atoms with Gasteiger partial charge in [0, 0.05) is 0 Å². The number of hydrogen-bond acceptors (Lipinski definition) is 2. The Morgan fingerprint density at radius 1 is 1.70 bits per heavy atom. The fourth-order valence-corrected chi connectivity index (χ4v) is 1.09. The van der Waals surface area contributed by atoms with Gasteiger partial charge in [-0.25, -0.2) is 4.98 Å². The molecule has 0 aliphatic heterocycles. The number of anilines is 1. The number of aromatic nitrogens is 1. The van der Waals surface area contributed by atoms with E-state index in [-0.39, 0.29) is 0 Å². The summed E-state index contributed by atoms with van der Waals surface area (Å²) in [5.74, 6) is 0. The van der Waals surface area contributed by atoms with E-state index < -0.39 is 0 Å². The number of aryl methyl sites for hydroxylation is 1. The fraction of sp³-hybridized carbons (Fsp3) is 0.167. The molecule has 0 unspecified atom stereocenters. The summed E-state index contributed by atoms with van der Waals surface area (Å²) in [5, 5.41) is 0.429. The zero-order chi connectivity index (χ0) is 7.72. The van der Waals surface area contributed by atoms with Crippen molar-refractivity contribution >= 4 is 33.2 Å². The minimum Gasteiger partial charge on any atom is -0.398 e. The highest BCUT2D eigenvalue weighted by Crippen LogP contribution is 2.24. The van der Waals surface area contributed by atoms with Gasteiger partial charge in [0.25, 0.3) is 0 Å². The lowest BCUT2D eigenvalue weighted by Gasteiger charge is -2.00. The molecule has 1 heterocycles. The summed E-state index contributed by atoms with van der Waals surface area (Å²) in [7, 11) is 0. The average Bonchev–Trinajstić information content (AvgIpc) is 1.82. The molecule has 0 saturated heterocycles. The lowest BCUT2D eigenvalue weighted by atomic mass is 10.3. The predicted octanol–water partition coefficient (Wildman–Crippen LogP) is 2.39. The van der Waals surface area contributed by atoms with E-state index in [1.165, 1.54) is 0 Å². The van der Waals surface area contributed by atoms with Crippen LogP contribution >= 0.6 is 27.5 Å². The molecule has 0 spiro atoms. The number of hydrogen-bond donors (Lipinski definition) is 1. The molecule has 0 fully saturated rings. The summed E-state index contributed by atoms with van der Waals surface area (Å²) in [6.07, 6.45) is 0. The minimum absolute atomic E-state index is 0.429. The van der Waals surface area contributed by atoms with Crippen molar-refractivity contribution in [1.29, 1.82) is 0 Å². The molecule has 2 nitrogen and oxygen atoms in total.